The maximum absolute atomic E-state index is 11.2. The predicted octanol–water partition coefficient (Wildman–Crippen LogP) is -1.67. The van der Waals surface area contributed by atoms with Gasteiger partial charge in [-0.2, -0.15) is 0 Å². The van der Waals surface area contributed by atoms with Gasteiger partial charge in [-0.3, -0.25) is 9.59 Å². The maximum atomic E-state index is 11.2. The summed E-state index contributed by atoms with van der Waals surface area (Å²) in [6.07, 6.45) is -0.204. The second kappa shape index (κ2) is 5.79. The van der Waals surface area contributed by atoms with E-state index in [2.05, 4.69) is 10.5 Å². The van der Waals surface area contributed by atoms with Gasteiger partial charge in [-0.1, -0.05) is 5.16 Å². The van der Waals surface area contributed by atoms with Crippen molar-refractivity contribution in [3.05, 3.63) is 0 Å². The highest BCUT2D eigenvalue weighted by Gasteiger charge is 2.13. The summed E-state index contributed by atoms with van der Waals surface area (Å²) in [7, 11) is 2.94. The zero-order chi connectivity index (χ0) is 11.1. The van der Waals surface area contributed by atoms with E-state index in [1.807, 2.05) is 0 Å². The van der Waals surface area contributed by atoms with Gasteiger partial charge in [0.25, 0.3) is 0 Å². The number of oxime groups is 1. The van der Waals surface area contributed by atoms with Crippen molar-refractivity contribution in [2.45, 2.75) is 6.42 Å². The lowest BCUT2D eigenvalue weighted by Gasteiger charge is -2.15. The quantitative estimate of drug-likeness (QED) is 0.219. The summed E-state index contributed by atoms with van der Waals surface area (Å²) in [5.41, 5.74) is 5.13. The van der Waals surface area contributed by atoms with Crippen LogP contribution >= 0.6 is 0 Å². The number of carbonyl (C=O) groups is 2. The number of hydrogen-bond donors (Lipinski definition) is 3. The van der Waals surface area contributed by atoms with Crippen LogP contribution in [0.5, 0.6) is 0 Å². The molecule has 4 N–H and O–H groups in total. The zero-order valence-corrected chi connectivity index (χ0v) is 8.15. The number of amides is 2. The van der Waals surface area contributed by atoms with Crippen molar-refractivity contribution in [1.29, 1.82) is 0 Å². The molecule has 0 saturated carbocycles. The van der Waals surface area contributed by atoms with E-state index in [9.17, 15) is 9.59 Å². The fraction of sp³-hybridized carbons (Fsp3) is 0.571. The average molecular weight is 202 g/mol. The monoisotopic (exact) mass is 202 g/mol. The molecule has 0 spiro atoms. The molecule has 0 aliphatic heterocycles. The minimum Gasteiger partial charge on any atom is -0.409 e. The highest BCUT2D eigenvalue weighted by atomic mass is 16.4. The first-order valence-electron chi connectivity index (χ1n) is 3.92. The van der Waals surface area contributed by atoms with Crippen molar-refractivity contribution in [3.63, 3.8) is 0 Å². The molecule has 0 unspecified atom stereocenters. The predicted molar refractivity (Wildman–Crippen MR) is 49.7 cm³/mol. The van der Waals surface area contributed by atoms with Gasteiger partial charge in [-0.25, -0.2) is 0 Å². The summed E-state index contributed by atoms with van der Waals surface area (Å²) >= 11 is 0. The zero-order valence-electron chi connectivity index (χ0n) is 8.15. The van der Waals surface area contributed by atoms with Crippen molar-refractivity contribution in [3.8, 4) is 0 Å². The molecule has 0 aliphatic rings. The molecular weight excluding hydrogens is 188 g/mol. The Morgan fingerprint density at radius 1 is 1.57 bits per heavy atom. The number of hydrogen-bond acceptors (Lipinski definition) is 4. The first-order valence-corrected chi connectivity index (χ1v) is 3.92. The minimum absolute atomic E-state index is 0.0476. The van der Waals surface area contributed by atoms with E-state index < -0.39 is 0 Å². The standard InChI is InChI=1S/C7H14N4O3/c1-9-6(12)4-11(2)7(13)3-5(8)10-14/h14H,3-4H2,1-2H3,(H2,8,10)(H,9,12). The van der Waals surface area contributed by atoms with Crippen LogP contribution in [0.25, 0.3) is 0 Å². The molecule has 0 heterocycles. The van der Waals surface area contributed by atoms with Gasteiger partial charge in [0.15, 0.2) is 0 Å². The molecule has 0 aromatic heterocycles. The highest BCUT2D eigenvalue weighted by molar-refractivity contribution is 5.99. The third kappa shape index (κ3) is 4.29. The van der Waals surface area contributed by atoms with Crippen molar-refractivity contribution in [2.75, 3.05) is 20.6 Å². The molecule has 0 saturated heterocycles. The maximum Gasteiger partial charge on any atom is 0.239 e. The van der Waals surface area contributed by atoms with Gasteiger partial charge in [0.2, 0.25) is 11.8 Å². The van der Waals surface area contributed by atoms with Crippen LogP contribution in [0, 0.1) is 0 Å². The van der Waals surface area contributed by atoms with Crippen LogP contribution in [-0.2, 0) is 9.59 Å². The molecule has 0 fully saturated rings. The lowest BCUT2D eigenvalue weighted by Crippen LogP contribution is -2.38. The number of likely N-dealkylation sites (N-methyl/N-ethyl adjacent to an activating group) is 2. The van der Waals surface area contributed by atoms with Crippen LogP contribution in [-0.4, -0.2) is 48.4 Å². The van der Waals surface area contributed by atoms with Crippen molar-refractivity contribution >= 4 is 17.6 Å². The van der Waals surface area contributed by atoms with Crippen molar-refractivity contribution in [2.24, 2.45) is 10.9 Å². The molecule has 0 aromatic rings. The molecule has 7 nitrogen and oxygen atoms in total. The molecule has 0 rings (SSSR count). The van der Waals surface area contributed by atoms with Gasteiger partial charge >= 0.3 is 0 Å². The van der Waals surface area contributed by atoms with Gasteiger partial charge in [-0.15, -0.1) is 0 Å². The molecule has 14 heavy (non-hydrogen) atoms. The molecule has 0 aromatic carbocycles. The van der Waals surface area contributed by atoms with E-state index in [4.69, 9.17) is 10.9 Å². The van der Waals surface area contributed by atoms with Gasteiger partial charge < -0.3 is 21.2 Å². The lowest BCUT2D eigenvalue weighted by atomic mass is 10.3. The third-order valence-corrected chi connectivity index (χ3v) is 1.55. The number of nitrogens with zero attached hydrogens (tertiary/aromatic N) is 2. The van der Waals surface area contributed by atoms with Crippen molar-refractivity contribution < 1.29 is 14.8 Å². The van der Waals surface area contributed by atoms with Crippen LogP contribution in [0.2, 0.25) is 0 Å². The fourth-order valence-corrected chi connectivity index (χ4v) is 0.708. The van der Waals surface area contributed by atoms with E-state index in [1.54, 1.807) is 0 Å². The summed E-state index contributed by atoms with van der Waals surface area (Å²) in [6, 6.07) is 0. The summed E-state index contributed by atoms with van der Waals surface area (Å²) in [5, 5.41) is 13.2. The van der Waals surface area contributed by atoms with Gasteiger partial charge in [-0.05, 0) is 0 Å². The molecule has 80 valence electrons. The SMILES string of the molecule is CNC(=O)CN(C)C(=O)C/C(N)=N/O. The van der Waals surface area contributed by atoms with E-state index in [1.165, 1.54) is 19.0 Å². The Hall–Kier alpha value is -1.79. The molecule has 0 radical (unpaired) electrons. The minimum atomic E-state index is -0.385. The molecule has 0 bridgehead atoms. The normalized spacial score (nSPS) is 10.9. The Morgan fingerprint density at radius 3 is 2.57 bits per heavy atom. The van der Waals surface area contributed by atoms with Gasteiger partial charge in [0.05, 0.1) is 13.0 Å². The van der Waals surface area contributed by atoms with Crippen LogP contribution in [0.15, 0.2) is 5.16 Å². The smallest absolute Gasteiger partial charge is 0.239 e. The second-order valence-corrected chi connectivity index (χ2v) is 2.69. The van der Waals surface area contributed by atoms with Crippen LogP contribution in [0.4, 0.5) is 0 Å². The van der Waals surface area contributed by atoms with Gasteiger partial charge in [0, 0.05) is 14.1 Å². The Morgan fingerprint density at radius 2 is 2.14 bits per heavy atom. The average Bonchev–Trinajstić information content (AvgIpc) is 2.17. The van der Waals surface area contributed by atoms with E-state index in [-0.39, 0.29) is 30.6 Å². The Bertz CT molecular complexity index is 251. The van der Waals surface area contributed by atoms with E-state index >= 15 is 0 Å². The Balaban J connectivity index is 4.06. The topological polar surface area (TPSA) is 108 Å². The highest BCUT2D eigenvalue weighted by Crippen LogP contribution is 1.90. The molecule has 0 aliphatic carbocycles. The Labute approximate surface area is 81.5 Å². The number of rotatable bonds is 4. The second-order valence-electron chi connectivity index (χ2n) is 2.69. The number of carbonyl (C=O) groups excluding carboxylic acids is 2. The van der Waals surface area contributed by atoms with Crippen LogP contribution in [0.3, 0.4) is 0 Å². The number of nitrogens with two attached hydrogens (primary N) is 1. The largest absolute Gasteiger partial charge is 0.409 e. The third-order valence-electron chi connectivity index (χ3n) is 1.55. The van der Waals surface area contributed by atoms with Crippen LogP contribution in [0.1, 0.15) is 6.42 Å². The summed E-state index contributed by atoms with van der Waals surface area (Å²) in [4.78, 5) is 23.3. The molecule has 2 amide bonds. The summed E-state index contributed by atoms with van der Waals surface area (Å²) in [6.45, 7) is -0.0476. The van der Waals surface area contributed by atoms with Gasteiger partial charge in [0.1, 0.15) is 5.84 Å². The first kappa shape index (κ1) is 12.2. The molecule has 7 heteroatoms. The molecular formula is C7H14N4O3. The summed E-state index contributed by atoms with van der Waals surface area (Å²) in [5.74, 6) is -0.844. The summed E-state index contributed by atoms with van der Waals surface area (Å²) < 4.78 is 0. The number of amidine groups is 1. The van der Waals surface area contributed by atoms with Crippen molar-refractivity contribution in [1.82, 2.24) is 10.2 Å². The molecule has 0 atom stereocenters. The fourth-order valence-electron chi connectivity index (χ4n) is 0.708. The number of nitrogens with one attached hydrogen (secondary N) is 1. The first-order chi connectivity index (χ1) is 6.51. The lowest BCUT2D eigenvalue weighted by molar-refractivity contribution is -0.133. The van der Waals surface area contributed by atoms with E-state index in [0.29, 0.717) is 0 Å². The van der Waals surface area contributed by atoms with Crippen LogP contribution < -0.4 is 11.1 Å². The Kier molecular flexibility index (Phi) is 5.05. The van der Waals surface area contributed by atoms with E-state index in [0.717, 1.165) is 0 Å².